The van der Waals surface area contributed by atoms with Crippen LogP contribution in [0.4, 0.5) is 0 Å². The van der Waals surface area contributed by atoms with E-state index in [-0.39, 0.29) is 12.5 Å². The van der Waals surface area contributed by atoms with E-state index in [0.717, 1.165) is 12.0 Å². The summed E-state index contributed by atoms with van der Waals surface area (Å²) >= 11 is 0. The highest BCUT2D eigenvalue weighted by Crippen LogP contribution is 2.06. The van der Waals surface area contributed by atoms with Crippen molar-refractivity contribution >= 4 is 5.91 Å². The van der Waals surface area contributed by atoms with Crippen LogP contribution in [0.25, 0.3) is 0 Å². The van der Waals surface area contributed by atoms with E-state index < -0.39 is 0 Å². The Morgan fingerprint density at radius 2 is 1.94 bits per heavy atom. The van der Waals surface area contributed by atoms with Crippen LogP contribution < -0.4 is 0 Å². The highest BCUT2D eigenvalue weighted by molar-refractivity contribution is 5.76. The van der Waals surface area contributed by atoms with Gasteiger partial charge in [-0.2, -0.15) is 0 Å². The summed E-state index contributed by atoms with van der Waals surface area (Å²) in [6.07, 6.45) is 1.34. The molecule has 0 atom stereocenters. The number of rotatable bonds is 6. The first kappa shape index (κ1) is 12.7. The number of nitrogens with zero attached hydrogens (tertiary/aromatic N) is 1. The van der Waals surface area contributed by atoms with Gasteiger partial charge in [0.25, 0.3) is 0 Å². The van der Waals surface area contributed by atoms with E-state index in [2.05, 4.69) is 0 Å². The molecule has 0 aliphatic rings. The number of hydrogen-bond donors (Lipinski definition) is 0. The standard InChI is InChI=1S/C13H18NO2/c1-2-6-13(16)14(9-10-15)11-12-7-4-3-5-8-12/h3-5,7-8H,2,6,9-11H2,1H3. The van der Waals surface area contributed by atoms with Crippen molar-refractivity contribution in [3.63, 3.8) is 0 Å². The van der Waals surface area contributed by atoms with Gasteiger partial charge < -0.3 is 4.90 Å². The number of carbonyl (C=O) groups excluding carboxylic acids is 1. The molecular weight excluding hydrogens is 202 g/mol. The molecule has 1 aromatic carbocycles. The first-order chi connectivity index (χ1) is 7.77. The van der Waals surface area contributed by atoms with Gasteiger partial charge in [0, 0.05) is 19.5 Å². The number of amides is 1. The predicted octanol–water partition coefficient (Wildman–Crippen LogP) is 2.25. The van der Waals surface area contributed by atoms with Gasteiger partial charge in [-0.05, 0) is 12.0 Å². The quantitative estimate of drug-likeness (QED) is 0.724. The molecule has 0 saturated heterocycles. The van der Waals surface area contributed by atoms with Crippen molar-refractivity contribution in [1.82, 2.24) is 4.90 Å². The SMILES string of the molecule is CCCC(=O)N(CC[O])Cc1ccccc1. The molecule has 1 aromatic rings. The average Bonchev–Trinajstić information content (AvgIpc) is 2.30. The summed E-state index contributed by atoms with van der Waals surface area (Å²) in [5, 5.41) is 10.6. The van der Waals surface area contributed by atoms with E-state index in [9.17, 15) is 9.90 Å². The fraction of sp³-hybridized carbons (Fsp3) is 0.462. The van der Waals surface area contributed by atoms with E-state index in [0.29, 0.717) is 19.5 Å². The molecule has 0 spiro atoms. The molecule has 3 heteroatoms. The first-order valence-corrected chi connectivity index (χ1v) is 5.67. The first-order valence-electron chi connectivity index (χ1n) is 5.67. The van der Waals surface area contributed by atoms with Crippen molar-refractivity contribution in [3.8, 4) is 0 Å². The summed E-state index contributed by atoms with van der Waals surface area (Å²) in [5.74, 6) is 0.0715. The van der Waals surface area contributed by atoms with Gasteiger partial charge >= 0.3 is 0 Å². The highest BCUT2D eigenvalue weighted by atomic mass is 16.3. The smallest absolute Gasteiger partial charge is 0.222 e. The molecule has 1 radical (unpaired) electrons. The van der Waals surface area contributed by atoms with Gasteiger partial charge in [0.1, 0.15) is 0 Å². The molecule has 3 nitrogen and oxygen atoms in total. The van der Waals surface area contributed by atoms with Crippen LogP contribution >= 0.6 is 0 Å². The van der Waals surface area contributed by atoms with Crippen LogP contribution in [0.15, 0.2) is 30.3 Å². The van der Waals surface area contributed by atoms with Crippen LogP contribution in [0.2, 0.25) is 0 Å². The maximum atomic E-state index is 11.7. The number of benzene rings is 1. The molecular formula is C13H18NO2. The Balaban J connectivity index is 2.60. The minimum Gasteiger partial charge on any atom is -0.336 e. The summed E-state index contributed by atoms with van der Waals surface area (Å²) in [6, 6.07) is 9.76. The second-order valence-corrected chi connectivity index (χ2v) is 3.76. The summed E-state index contributed by atoms with van der Waals surface area (Å²) in [7, 11) is 0. The normalized spacial score (nSPS) is 10.1. The van der Waals surface area contributed by atoms with Gasteiger partial charge in [0.05, 0.1) is 6.61 Å². The summed E-state index contributed by atoms with van der Waals surface area (Å²) in [5.41, 5.74) is 1.07. The minimum absolute atomic E-state index is 0.0715. The maximum absolute atomic E-state index is 11.7. The Bertz CT molecular complexity index is 311. The third kappa shape index (κ3) is 4.03. The fourth-order valence-electron chi connectivity index (χ4n) is 1.58. The topological polar surface area (TPSA) is 40.2 Å². The van der Waals surface area contributed by atoms with E-state index in [4.69, 9.17) is 0 Å². The van der Waals surface area contributed by atoms with Crippen molar-refractivity contribution in [2.45, 2.75) is 26.3 Å². The average molecular weight is 220 g/mol. The Hall–Kier alpha value is -1.35. The summed E-state index contributed by atoms with van der Waals surface area (Å²) in [6.45, 7) is 2.58. The summed E-state index contributed by atoms with van der Waals surface area (Å²) < 4.78 is 0. The molecule has 0 heterocycles. The van der Waals surface area contributed by atoms with E-state index >= 15 is 0 Å². The molecule has 0 aliphatic carbocycles. The molecule has 1 amide bonds. The lowest BCUT2D eigenvalue weighted by Gasteiger charge is -2.21. The Morgan fingerprint density at radius 1 is 1.25 bits per heavy atom. The zero-order valence-electron chi connectivity index (χ0n) is 9.69. The van der Waals surface area contributed by atoms with E-state index in [1.54, 1.807) is 4.90 Å². The van der Waals surface area contributed by atoms with Crippen LogP contribution in [0, 0.1) is 0 Å². The van der Waals surface area contributed by atoms with Crippen molar-refractivity contribution in [1.29, 1.82) is 0 Å². The Labute approximate surface area is 96.7 Å². The van der Waals surface area contributed by atoms with Crippen molar-refractivity contribution in [2.75, 3.05) is 13.2 Å². The van der Waals surface area contributed by atoms with E-state index in [1.807, 2.05) is 37.3 Å². The van der Waals surface area contributed by atoms with Gasteiger partial charge in [-0.1, -0.05) is 37.3 Å². The van der Waals surface area contributed by atoms with Crippen LogP contribution in [0.1, 0.15) is 25.3 Å². The van der Waals surface area contributed by atoms with E-state index in [1.165, 1.54) is 0 Å². The second kappa shape index (κ2) is 7.01. The van der Waals surface area contributed by atoms with Gasteiger partial charge in [-0.3, -0.25) is 4.79 Å². The molecule has 0 N–H and O–H groups in total. The van der Waals surface area contributed by atoms with Gasteiger partial charge in [0.2, 0.25) is 5.91 Å². The third-order valence-electron chi connectivity index (χ3n) is 2.39. The van der Waals surface area contributed by atoms with Gasteiger partial charge in [-0.15, -0.1) is 0 Å². The van der Waals surface area contributed by atoms with Gasteiger partial charge in [0.15, 0.2) is 0 Å². The van der Waals surface area contributed by atoms with Gasteiger partial charge in [-0.25, -0.2) is 5.11 Å². The van der Waals surface area contributed by atoms with Crippen LogP contribution in [-0.4, -0.2) is 24.0 Å². The highest BCUT2D eigenvalue weighted by Gasteiger charge is 2.12. The van der Waals surface area contributed by atoms with Crippen LogP contribution in [-0.2, 0) is 16.4 Å². The summed E-state index contributed by atoms with van der Waals surface area (Å²) in [4.78, 5) is 13.4. The number of hydrogen-bond acceptors (Lipinski definition) is 1. The van der Waals surface area contributed by atoms with Crippen molar-refractivity contribution < 1.29 is 9.90 Å². The van der Waals surface area contributed by atoms with Crippen LogP contribution in [0.5, 0.6) is 0 Å². The monoisotopic (exact) mass is 220 g/mol. The lowest BCUT2D eigenvalue weighted by molar-refractivity contribution is -0.132. The molecule has 0 aromatic heterocycles. The fourth-order valence-corrected chi connectivity index (χ4v) is 1.58. The minimum atomic E-state index is -0.234. The molecule has 0 fully saturated rings. The zero-order valence-corrected chi connectivity index (χ0v) is 9.69. The van der Waals surface area contributed by atoms with Crippen LogP contribution in [0.3, 0.4) is 0 Å². The molecule has 0 unspecified atom stereocenters. The lowest BCUT2D eigenvalue weighted by atomic mass is 10.2. The second-order valence-electron chi connectivity index (χ2n) is 3.76. The molecule has 16 heavy (non-hydrogen) atoms. The maximum Gasteiger partial charge on any atom is 0.222 e. The molecule has 0 bridgehead atoms. The molecule has 1 rings (SSSR count). The molecule has 0 saturated carbocycles. The Kier molecular flexibility index (Phi) is 5.57. The zero-order chi connectivity index (χ0) is 11.8. The lowest BCUT2D eigenvalue weighted by Crippen LogP contribution is -2.32. The predicted molar refractivity (Wildman–Crippen MR) is 62.3 cm³/mol. The molecule has 87 valence electrons. The third-order valence-corrected chi connectivity index (χ3v) is 2.39. The number of carbonyl (C=O) groups is 1. The largest absolute Gasteiger partial charge is 0.336 e. The molecule has 0 aliphatic heterocycles. The Morgan fingerprint density at radius 3 is 2.50 bits per heavy atom. The van der Waals surface area contributed by atoms with Crippen molar-refractivity contribution in [2.24, 2.45) is 0 Å². The van der Waals surface area contributed by atoms with Crippen molar-refractivity contribution in [3.05, 3.63) is 35.9 Å².